The summed E-state index contributed by atoms with van der Waals surface area (Å²) in [4.78, 5) is 33.6. The second kappa shape index (κ2) is 12.6. The topological polar surface area (TPSA) is 104 Å². The van der Waals surface area contributed by atoms with Crippen molar-refractivity contribution in [1.82, 2.24) is 24.8 Å². The first-order valence-electron chi connectivity index (χ1n) is 17.8. The molecule has 4 aliphatic heterocycles. The SMILES string of the molecule is C#Cc1c(F)ccc2cccc(-c3ncc4c(N5CC6CCC(C5)N6C(=O)OC(C)(C)C)nc(OCC56CCCN5[C@@H](CO)CC6)nc4c3F)c12. The minimum Gasteiger partial charge on any atom is -0.461 e. The summed E-state index contributed by atoms with van der Waals surface area (Å²) in [5, 5.41) is 11.5. The first-order chi connectivity index (χ1) is 24.5. The fourth-order valence-corrected chi connectivity index (χ4v) is 8.90. The van der Waals surface area contributed by atoms with Crippen molar-refractivity contribution < 1.29 is 28.2 Å². The third kappa shape index (κ3) is 5.71. The third-order valence-electron chi connectivity index (χ3n) is 11.1. The van der Waals surface area contributed by atoms with Gasteiger partial charge in [-0.05, 0) is 77.3 Å². The number of amides is 1. The number of fused-ring (bicyclic) bond motifs is 5. The van der Waals surface area contributed by atoms with E-state index in [2.05, 4.69) is 25.7 Å². The number of hydrogen-bond donors (Lipinski definition) is 1. The number of hydrogen-bond acceptors (Lipinski definition) is 9. The molecule has 51 heavy (non-hydrogen) atoms. The maximum Gasteiger partial charge on any atom is 0.410 e. The molecule has 0 spiro atoms. The van der Waals surface area contributed by atoms with E-state index in [1.54, 1.807) is 30.5 Å². The van der Waals surface area contributed by atoms with E-state index in [1.165, 1.54) is 6.07 Å². The van der Waals surface area contributed by atoms with E-state index in [9.17, 15) is 14.3 Å². The third-order valence-corrected chi connectivity index (χ3v) is 11.1. The summed E-state index contributed by atoms with van der Waals surface area (Å²) in [6.45, 7) is 7.79. The number of carbonyl (C=O) groups excluding carboxylic acids is 1. The van der Waals surface area contributed by atoms with Crippen LogP contribution >= 0.6 is 0 Å². The van der Waals surface area contributed by atoms with Crippen molar-refractivity contribution in [3.8, 4) is 29.6 Å². The molecule has 4 aromatic rings. The predicted molar refractivity (Wildman–Crippen MR) is 189 cm³/mol. The molecule has 4 atom stereocenters. The summed E-state index contributed by atoms with van der Waals surface area (Å²) in [5.74, 6) is 1.64. The Kier molecular flexibility index (Phi) is 8.26. The first kappa shape index (κ1) is 33.5. The summed E-state index contributed by atoms with van der Waals surface area (Å²) in [5.41, 5.74) is -0.461. The molecule has 8 rings (SSSR count). The fourth-order valence-electron chi connectivity index (χ4n) is 8.90. The van der Waals surface area contributed by atoms with Gasteiger partial charge in [-0.15, -0.1) is 6.42 Å². The minimum absolute atomic E-state index is 0.0113. The summed E-state index contributed by atoms with van der Waals surface area (Å²) in [6, 6.07) is 8.06. The number of carbonyl (C=O) groups is 1. The number of aliphatic hydroxyl groups is 1. The van der Waals surface area contributed by atoms with Gasteiger partial charge in [0.05, 0.1) is 35.2 Å². The number of aliphatic hydroxyl groups excluding tert-OH is 1. The molecule has 3 unspecified atom stereocenters. The van der Waals surface area contributed by atoms with Crippen LogP contribution in [0.15, 0.2) is 36.5 Å². The van der Waals surface area contributed by atoms with Gasteiger partial charge in [0.1, 0.15) is 35.1 Å². The minimum atomic E-state index is -0.696. The molecule has 1 N–H and O–H groups in total. The molecule has 0 aliphatic carbocycles. The molecule has 12 heteroatoms. The lowest BCUT2D eigenvalue weighted by molar-refractivity contribution is 0.0122. The molecule has 6 heterocycles. The van der Waals surface area contributed by atoms with E-state index in [4.69, 9.17) is 20.9 Å². The van der Waals surface area contributed by atoms with Gasteiger partial charge in [-0.1, -0.05) is 30.2 Å². The number of terminal acetylenes is 1. The smallest absolute Gasteiger partial charge is 0.410 e. The molecule has 2 aromatic heterocycles. The van der Waals surface area contributed by atoms with Crippen LogP contribution in [-0.2, 0) is 4.74 Å². The number of rotatable bonds is 6. The van der Waals surface area contributed by atoms with Gasteiger partial charge in [0, 0.05) is 36.3 Å². The van der Waals surface area contributed by atoms with Crippen molar-refractivity contribution in [2.45, 2.75) is 88.6 Å². The van der Waals surface area contributed by atoms with Crippen LogP contribution in [0.5, 0.6) is 6.01 Å². The van der Waals surface area contributed by atoms with Crippen molar-refractivity contribution in [1.29, 1.82) is 0 Å². The molecule has 2 aromatic carbocycles. The van der Waals surface area contributed by atoms with Crippen LogP contribution in [0.4, 0.5) is 19.4 Å². The number of ether oxygens (including phenoxy) is 2. The molecule has 4 aliphatic rings. The Morgan fingerprint density at radius 1 is 1.10 bits per heavy atom. The van der Waals surface area contributed by atoms with E-state index in [0.29, 0.717) is 47.2 Å². The number of pyridine rings is 1. The summed E-state index contributed by atoms with van der Waals surface area (Å²) >= 11 is 0. The normalized spacial score (nSPS) is 24.7. The van der Waals surface area contributed by atoms with E-state index >= 15 is 4.39 Å². The highest BCUT2D eigenvalue weighted by Crippen LogP contribution is 2.43. The average molecular weight is 697 g/mol. The Morgan fingerprint density at radius 3 is 2.61 bits per heavy atom. The van der Waals surface area contributed by atoms with Crippen molar-refractivity contribution in [2.24, 2.45) is 0 Å². The standard InChI is InChI=1S/C39H42F2N6O4/c1-5-27-30(40)13-10-23-8-6-9-28(31(23)27)33-32(41)34-29(18-42-33)35(45-19-24-11-12-25(20-45)47(24)37(49)51-38(2,3)4)44-36(43-34)50-22-39-15-7-17-46(39)26(21-48)14-16-39/h1,6,8-10,13,18,24-26,48H,7,11-12,14-17,19-22H2,2-4H3/t24?,25?,26-,39?/m1/s1. The summed E-state index contributed by atoms with van der Waals surface area (Å²) < 4.78 is 44.1. The molecule has 266 valence electrons. The van der Waals surface area contributed by atoms with Gasteiger partial charge in [-0.25, -0.2) is 13.6 Å². The molecular formula is C39H42F2N6O4. The number of aromatic nitrogens is 3. The monoisotopic (exact) mass is 696 g/mol. The number of halogens is 2. The summed E-state index contributed by atoms with van der Waals surface area (Å²) in [6.07, 6.45) is 12.3. The van der Waals surface area contributed by atoms with Crippen molar-refractivity contribution in [3.63, 3.8) is 0 Å². The van der Waals surface area contributed by atoms with Crippen LogP contribution in [0, 0.1) is 24.0 Å². The van der Waals surface area contributed by atoms with E-state index in [-0.39, 0.29) is 59.1 Å². The molecule has 4 fully saturated rings. The van der Waals surface area contributed by atoms with Gasteiger partial charge in [-0.2, -0.15) is 9.97 Å². The Morgan fingerprint density at radius 2 is 1.88 bits per heavy atom. The van der Waals surface area contributed by atoms with Crippen molar-refractivity contribution in [3.05, 3.63) is 53.7 Å². The van der Waals surface area contributed by atoms with E-state index in [0.717, 1.165) is 45.1 Å². The number of piperazine rings is 1. The van der Waals surface area contributed by atoms with E-state index < -0.39 is 17.2 Å². The summed E-state index contributed by atoms with van der Waals surface area (Å²) in [7, 11) is 0. The van der Waals surface area contributed by atoms with Crippen LogP contribution < -0.4 is 9.64 Å². The highest BCUT2D eigenvalue weighted by molar-refractivity contribution is 6.02. The van der Waals surface area contributed by atoms with Gasteiger partial charge in [0.25, 0.3) is 0 Å². The zero-order valence-electron chi connectivity index (χ0n) is 29.2. The molecular weight excluding hydrogens is 654 g/mol. The highest BCUT2D eigenvalue weighted by Gasteiger charge is 2.50. The van der Waals surface area contributed by atoms with Crippen molar-refractivity contribution in [2.75, 3.05) is 37.7 Å². The fraction of sp³-hybridized carbons (Fsp3) is 0.487. The van der Waals surface area contributed by atoms with Crippen LogP contribution in [-0.4, -0.2) is 98.1 Å². The lowest BCUT2D eigenvalue weighted by Crippen LogP contribution is -2.57. The zero-order chi connectivity index (χ0) is 35.7. The Hall–Kier alpha value is -4.60. The van der Waals surface area contributed by atoms with E-state index in [1.807, 2.05) is 25.7 Å². The van der Waals surface area contributed by atoms with Gasteiger partial charge in [-0.3, -0.25) is 14.8 Å². The predicted octanol–water partition coefficient (Wildman–Crippen LogP) is 6.06. The molecule has 10 nitrogen and oxygen atoms in total. The number of anilines is 1. The maximum atomic E-state index is 17.0. The molecule has 0 saturated carbocycles. The highest BCUT2D eigenvalue weighted by atomic mass is 19.1. The van der Waals surface area contributed by atoms with Crippen LogP contribution in [0.2, 0.25) is 0 Å². The Labute approximate surface area is 295 Å². The van der Waals surface area contributed by atoms with Gasteiger partial charge < -0.3 is 19.5 Å². The van der Waals surface area contributed by atoms with Gasteiger partial charge >= 0.3 is 12.1 Å². The Balaban J connectivity index is 1.21. The zero-order valence-corrected chi connectivity index (χ0v) is 29.2. The molecule has 2 bridgehead atoms. The maximum absolute atomic E-state index is 17.0. The first-order valence-corrected chi connectivity index (χ1v) is 17.8. The number of nitrogens with zero attached hydrogens (tertiary/aromatic N) is 6. The van der Waals surface area contributed by atoms with Gasteiger partial charge in [0.15, 0.2) is 5.82 Å². The lowest BCUT2D eigenvalue weighted by Gasteiger charge is -2.42. The molecule has 4 saturated heterocycles. The van der Waals surface area contributed by atoms with Crippen molar-refractivity contribution >= 4 is 33.6 Å². The van der Waals surface area contributed by atoms with Crippen LogP contribution in [0.3, 0.4) is 0 Å². The molecule has 1 amide bonds. The van der Waals surface area contributed by atoms with Gasteiger partial charge in [0.2, 0.25) is 0 Å². The lowest BCUT2D eigenvalue weighted by atomic mass is 9.95. The second-order valence-electron chi connectivity index (χ2n) is 15.3. The second-order valence-corrected chi connectivity index (χ2v) is 15.3. The molecule has 0 radical (unpaired) electrons. The Bertz CT molecular complexity index is 2070. The number of benzene rings is 2. The quantitative estimate of drug-likeness (QED) is 0.241. The van der Waals surface area contributed by atoms with Crippen LogP contribution in [0.25, 0.3) is 32.9 Å². The largest absolute Gasteiger partial charge is 0.461 e. The average Bonchev–Trinajstić information content (AvgIpc) is 3.76. The van der Waals surface area contributed by atoms with Crippen LogP contribution in [0.1, 0.15) is 64.9 Å².